The minimum absolute atomic E-state index is 0.142. The normalized spacial score (nSPS) is 16.9. The van der Waals surface area contributed by atoms with Crippen LogP contribution in [-0.2, 0) is 4.74 Å². The van der Waals surface area contributed by atoms with E-state index in [1.807, 2.05) is 11.4 Å². The van der Waals surface area contributed by atoms with Crippen molar-refractivity contribution in [1.29, 1.82) is 0 Å². The van der Waals surface area contributed by atoms with Gasteiger partial charge in [-0.2, -0.15) is 0 Å². The van der Waals surface area contributed by atoms with E-state index in [0.29, 0.717) is 25.3 Å². The third-order valence-corrected chi connectivity index (χ3v) is 4.89. The van der Waals surface area contributed by atoms with Gasteiger partial charge in [0.2, 0.25) is 0 Å². The third-order valence-electron chi connectivity index (χ3n) is 3.92. The molecule has 0 spiro atoms. The minimum Gasteiger partial charge on any atom is -0.379 e. The standard InChI is InChI=1S/C17H19FN2O2S/c18-14-5-3-13(4-6-14)17(21)19-12-15(16-2-1-11-23-16)20-7-9-22-10-8-20/h1-6,11,15H,7-10,12H2,(H,19,21). The van der Waals surface area contributed by atoms with Crippen LogP contribution in [0.3, 0.4) is 0 Å². The summed E-state index contributed by atoms with van der Waals surface area (Å²) in [5, 5.41) is 5.01. The number of halogens is 1. The summed E-state index contributed by atoms with van der Waals surface area (Å²) in [5.41, 5.74) is 0.471. The van der Waals surface area contributed by atoms with E-state index in [1.165, 1.54) is 29.1 Å². The zero-order valence-electron chi connectivity index (χ0n) is 12.7. The fourth-order valence-electron chi connectivity index (χ4n) is 2.67. The maximum Gasteiger partial charge on any atom is 0.251 e. The van der Waals surface area contributed by atoms with Crippen molar-refractivity contribution in [3.05, 3.63) is 58.0 Å². The van der Waals surface area contributed by atoms with E-state index in [9.17, 15) is 9.18 Å². The van der Waals surface area contributed by atoms with Crippen molar-refractivity contribution in [1.82, 2.24) is 10.2 Å². The average Bonchev–Trinajstić information content (AvgIpc) is 3.11. The Hall–Kier alpha value is -1.76. The highest BCUT2D eigenvalue weighted by Crippen LogP contribution is 2.25. The second-order valence-corrected chi connectivity index (χ2v) is 6.38. The van der Waals surface area contributed by atoms with Crippen LogP contribution in [0.4, 0.5) is 4.39 Å². The number of carbonyl (C=O) groups excluding carboxylic acids is 1. The van der Waals surface area contributed by atoms with Gasteiger partial charge in [-0.1, -0.05) is 6.07 Å². The Kier molecular flexibility index (Phi) is 5.38. The van der Waals surface area contributed by atoms with Crippen LogP contribution >= 0.6 is 11.3 Å². The molecule has 1 unspecified atom stereocenters. The average molecular weight is 334 g/mol. The van der Waals surface area contributed by atoms with Crippen LogP contribution in [0.5, 0.6) is 0 Å². The van der Waals surface area contributed by atoms with E-state index >= 15 is 0 Å². The SMILES string of the molecule is O=C(NCC(c1cccs1)N1CCOCC1)c1ccc(F)cc1. The first-order chi connectivity index (χ1) is 11.2. The lowest BCUT2D eigenvalue weighted by Gasteiger charge is -2.34. The molecule has 3 rings (SSSR count). The van der Waals surface area contributed by atoms with Crippen LogP contribution in [0.2, 0.25) is 0 Å². The number of hydrogen-bond acceptors (Lipinski definition) is 4. The van der Waals surface area contributed by atoms with Crippen molar-refractivity contribution >= 4 is 17.2 Å². The van der Waals surface area contributed by atoms with Gasteiger partial charge in [0.1, 0.15) is 5.82 Å². The number of carbonyl (C=O) groups is 1. The fraction of sp³-hybridized carbons (Fsp3) is 0.353. The van der Waals surface area contributed by atoms with Gasteiger partial charge in [0, 0.05) is 30.1 Å². The molecule has 6 heteroatoms. The van der Waals surface area contributed by atoms with Crippen LogP contribution in [0, 0.1) is 5.82 Å². The lowest BCUT2D eigenvalue weighted by atomic mass is 10.1. The molecule has 1 amide bonds. The molecule has 1 aliphatic heterocycles. The van der Waals surface area contributed by atoms with Gasteiger partial charge < -0.3 is 10.1 Å². The molecule has 2 heterocycles. The van der Waals surface area contributed by atoms with Gasteiger partial charge in [-0.05, 0) is 35.7 Å². The number of rotatable bonds is 5. The summed E-state index contributed by atoms with van der Waals surface area (Å²) in [7, 11) is 0. The van der Waals surface area contributed by atoms with Crippen LogP contribution in [0.1, 0.15) is 21.3 Å². The molecule has 2 aromatic rings. The number of ether oxygens (including phenoxy) is 1. The highest BCUT2D eigenvalue weighted by atomic mass is 32.1. The summed E-state index contributed by atoms with van der Waals surface area (Å²) in [4.78, 5) is 15.8. The summed E-state index contributed by atoms with van der Waals surface area (Å²) >= 11 is 1.69. The number of nitrogens with one attached hydrogen (secondary N) is 1. The Morgan fingerprint density at radius 3 is 2.65 bits per heavy atom. The predicted molar refractivity (Wildman–Crippen MR) is 88.2 cm³/mol. The molecular weight excluding hydrogens is 315 g/mol. The topological polar surface area (TPSA) is 41.6 Å². The quantitative estimate of drug-likeness (QED) is 0.914. The number of hydrogen-bond donors (Lipinski definition) is 1. The molecule has 1 aliphatic rings. The fourth-order valence-corrected chi connectivity index (χ4v) is 3.53. The Morgan fingerprint density at radius 1 is 1.26 bits per heavy atom. The Labute approximate surface area is 138 Å². The molecule has 1 atom stereocenters. The van der Waals surface area contributed by atoms with Gasteiger partial charge in [0.05, 0.1) is 19.3 Å². The highest BCUT2D eigenvalue weighted by molar-refractivity contribution is 7.10. The maximum absolute atomic E-state index is 12.9. The molecule has 0 bridgehead atoms. The molecule has 0 radical (unpaired) electrons. The number of thiophene rings is 1. The van der Waals surface area contributed by atoms with Crippen molar-refractivity contribution in [3.63, 3.8) is 0 Å². The molecule has 122 valence electrons. The second kappa shape index (κ2) is 7.68. The monoisotopic (exact) mass is 334 g/mol. The summed E-state index contributed by atoms with van der Waals surface area (Å²) < 4.78 is 18.4. The molecule has 23 heavy (non-hydrogen) atoms. The van der Waals surface area contributed by atoms with Crippen LogP contribution < -0.4 is 5.32 Å². The third kappa shape index (κ3) is 4.16. The summed E-state index contributed by atoms with van der Waals surface area (Å²) in [6.07, 6.45) is 0. The van der Waals surface area contributed by atoms with E-state index in [1.54, 1.807) is 11.3 Å². The molecule has 1 fully saturated rings. The van der Waals surface area contributed by atoms with Crippen molar-refractivity contribution in [2.24, 2.45) is 0 Å². The lowest BCUT2D eigenvalue weighted by Crippen LogP contribution is -2.43. The number of nitrogens with zero attached hydrogens (tertiary/aromatic N) is 1. The lowest BCUT2D eigenvalue weighted by molar-refractivity contribution is 0.0169. The molecule has 1 aromatic carbocycles. The van der Waals surface area contributed by atoms with Crippen LogP contribution in [0.15, 0.2) is 41.8 Å². The van der Waals surface area contributed by atoms with Crippen LogP contribution in [0.25, 0.3) is 0 Å². The number of morpholine rings is 1. The molecule has 4 nitrogen and oxygen atoms in total. The van der Waals surface area contributed by atoms with Gasteiger partial charge in [0.25, 0.3) is 5.91 Å². The summed E-state index contributed by atoms with van der Waals surface area (Å²) in [5.74, 6) is -0.522. The first kappa shape index (κ1) is 16.1. The van der Waals surface area contributed by atoms with Crippen molar-refractivity contribution in [2.45, 2.75) is 6.04 Å². The molecule has 0 aliphatic carbocycles. The van der Waals surface area contributed by atoms with E-state index < -0.39 is 0 Å². The van der Waals surface area contributed by atoms with Crippen LogP contribution in [-0.4, -0.2) is 43.7 Å². The van der Waals surface area contributed by atoms with E-state index in [4.69, 9.17) is 4.74 Å². The first-order valence-electron chi connectivity index (χ1n) is 7.63. The van der Waals surface area contributed by atoms with Gasteiger partial charge >= 0.3 is 0 Å². The van der Waals surface area contributed by atoms with E-state index in [2.05, 4.69) is 16.3 Å². The zero-order valence-corrected chi connectivity index (χ0v) is 13.5. The van der Waals surface area contributed by atoms with Gasteiger partial charge in [-0.25, -0.2) is 4.39 Å². The Morgan fingerprint density at radius 2 is 2.00 bits per heavy atom. The van der Waals surface area contributed by atoms with E-state index in [0.717, 1.165) is 13.1 Å². The van der Waals surface area contributed by atoms with Gasteiger partial charge in [-0.3, -0.25) is 9.69 Å². The smallest absolute Gasteiger partial charge is 0.251 e. The molecular formula is C17H19FN2O2S. The largest absolute Gasteiger partial charge is 0.379 e. The predicted octanol–water partition coefficient (Wildman–Crippen LogP) is 2.69. The second-order valence-electron chi connectivity index (χ2n) is 5.40. The summed E-state index contributed by atoms with van der Waals surface area (Å²) in [6.45, 7) is 3.67. The molecule has 0 saturated carbocycles. The molecule has 1 N–H and O–H groups in total. The maximum atomic E-state index is 12.9. The zero-order chi connectivity index (χ0) is 16.1. The molecule has 1 aromatic heterocycles. The van der Waals surface area contributed by atoms with Crippen molar-refractivity contribution < 1.29 is 13.9 Å². The van der Waals surface area contributed by atoms with Crippen molar-refractivity contribution in [3.8, 4) is 0 Å². The van der Waals surface area contributed by atoms with Gasteiger partial charge in [0.15, 0.2) is 0 Å². The highest BCUT2D eigenvalue weighted by Gasteiger charge is 2.24. The van der Waals surface area contributed by atoms with Gasteiger partial charge in [-0.15, -0.1) is 11.3 Å². The molecule has 1 saturated heterocycles. The number of amides is 1. The Bertz CT molecular complexity index is 625. The number of benzene rings is 1. The minimum atomic E-state index is -0.341. The first-order valence-corrected chi connectivity index (χ1v) is 8.51. The Balaban J connectivity index is 1.66. The van der Waals surface area contributed by atoms with Crippen molar-refractivity contribution in [2.75, 3.05) is 32.8 Å². The van der Waals surface area contributed by atoms with E-state index in [-0.39, 0.29) is 17.8 Å². The summed E-state index contributed by atoms with van der Waals surface area (Å²) in [6, 6.07) is 9.85.